The SMILES string of the molecule is C=C/C=C(\C(=C/N)C(=C)Nc1cc(-c2cc(CN3CCN(CCN)CC3)ccc2F)ccc1N1CC(C)N(C)C(C)C1)C(F)(F)F. The van der Waals surface area contributed by atoms with Gasteiger partial charge in [0.1, 0.15) is 5.82 Å². The Labute approximate surface area is 270 Å². The second kappa shape index (κ2) is 15.3. The lowest BCUT2D eigenvalue weighted by molar-refractivity contribution is -0.0891. The molecular weight excluding hydrogens is 594 g/mol. The number of allylic oxidation sites excluding steroid dienone is 3. The molecule has 11 heteroatoms. The van der Waals surface area contributed by atoms with Crippen LogP contribution in [0.1, 0.15) is 19.4 Å². The number of rotatable bonds is 11. The number of nitrogens with zero attached hydrogens (tertiary/aromatic N) is 4. The van der Waals surface area contributed by atoms with E-state index < -0.39 is 11.7 Å². The summed E-state index contributed by atoms with van der Waals surface area (Å²) in [6.07, 6.45) is -1.86. The number of nitrogens with two attached hydrogens (primary N) is 2. The zero-order valence-corrected chi connectivity index (χ0v) is 27.1. The molecule has 0 bridgehead atoms. The third-order valence-electron chi connectivity index (χ3n) is 9.01. The summed E-state index contributed by atoms with van der Waals surface area (Å²) in [5, 5.41) is 3.12. The zero-order chi connectivity index (χ0) is 33.6. The molecule has 2 atom stereocenters. The lowest BCUT2D eigenvalue weighted by atomic mass is 9.99. The summed E-state index contributed by atoms with van der Waals surface area (Å²) in [6, 6.07) is 11.1. The quantitative estimate of drug-likeness (QED) is 0.220. The Kier molecular flexibility index (Phi) is 11.7. The number of likely N-dealkylation sites (N-methyl/N-ethyl adjacent to an activating group) is 1. The molecule has 2 aromatic carbocycles. The summed E-state index contributed by atoms with van der Waals surface area (Å²) in [5.41, 5.74) is 13.4. The van der Waals surface area contributed by atoms with E-state index in [1.54, 1.807) is 12.1 Å². The highest BCUT2D eigenvalue weighted by Crippen LogP contribution is 2.38. The van der Waals surface area contributed by atoms with Gasteiger partial charge < -0.3 is 21.7 Å². The fourth-order valence-corrected chi connectivity index (χ4v) is 6.22. The average molecular weight is 642 g/mol. The first kappa shape index (κ1) is 35.2. The highest BCUT2D eigenvalue weighted by atomic mass is 19.4. The monoisotopic (exact) mass is 641 g/mol. The Morgan fingerprint density at radius 2 is 1.67 bits per heavy atom. The first-order valence-electron chi connectivity index (χ1n) is 15.7. The predicted molar refractivity (Wildman–Crippen MR) is 181 cm³/mol. The zero-order valence-electron chi connectivity index (χ0n) is 27.1. The van der Waals surface area contributed by atoms with Gasteiger partial charge in [-0.05, 0) is 62.4 Å². The Hall–Kier alpha value is -3.64. The molecular formula is C35H47F4N7. The maximum atomic E-state index is 15.4. The number of hydrogen-bond donors (Lipinski definition) is 3. The maximum absolute atomic E-state index is 15.4. The molecule has 4 rings (SSSR count). The molecule has 2 saturated heterocycles. The Morgan fingerprint density at radius 3 is 2.26 bits per heavy atom. The van der Waals surface area contributed by atoms with Crippen molar-refractivity contribution in [2.75, 3.05) is 69.6 Å². The third-order valence-corrected chi connectivity index (χ3v) is 9.01. The van der Waals surface area contributed by atoms with E-state index in [4.69, 9.17) is 11.5 Å². The van der Waals surface area contributed by atoms with Crippen molar-refractivity contribution < 1.29 is 17.6 Å². The van der Waals surface area contributed by atoms with Gasteiger partial charge >= 0.3 is 6.18 Å². The molecule has 250 valence electrons. The van der Waals surface area contributed by atoms with E-state index in [2.05, 4.69) is 59.0 Å². The summed E-state index contributed by atoms with van der Waals surface area (Å²) in [4.78, 5) is 9.17. The van der Waals surface area contributed by atoms with Crippen LogP contribution in [-0.4, -0.2) is 92.4 Å². The van der Waals surface area contributed by atoms with Crippen molar-refractivity contribution in [3.8, 4) is 11.1 Å². The molecule has 2 aliphatic heterocycles. The van der Waals surface area contributed by atoms with Crippen LogP contribution in [0.4, 0.5) is 28.9 Å². The van der Waals surface area contributed by atoms with Gasteiger partial charge in [0.05, 0.1) is 16.9 Å². The number of piperazine rings is 2. The predicted octanol–water partition coefficient (Wildman–Crippen LogP) is 5.54. The summed E-state index contributed by atoms with van der Waals surface area (Å²) >= 11 is 0. The van der Waals surface area contributed by atoms with Crippen LogP contribution in [-0.2, 0) is 6.54 Å². The lowest BCUT2D eigenvalue weighted by Gasteiger charge is -2.44. The van der Waals surface area contributed by atoms with E-state index in [-0.39, 0.29) is 29.2 Å². The lowest BCUT2D eigenvalue weighted by Crippen LogP contribution is -2.55. The molecule has 2 aliphatic rings. The Bertz CT molecular complexity index is 1430. The van der Waals surface area contributed by atoms with Crippen LogP contribution in [0.5, 0.6) is 0 Å². The highest BCUT2D eigenvalue weighted by Gasteiger charge is 2.36. The molecule has 0 aromatic heterocycles. The highest BCUT2D eigenvalue weighted by molar-refractivity contribution is 5.81. The second-order valence-corrected chi connectivity index (χ2v) is 12.2. The van der Waals surface area contributed by atoms with Crippen LogP contribution in [0, 0.1) is 5.82 Å². The molecule has 46 heavy (non-hydrogen) atoms. The van der Waals surface area contributed by atoms with Gasteiger partial charge in [0.2, 0.25) is 0 Å². The average Bonchev–Trinajstić information content (AvgIpc) is 3.01. The molecule has 2 fully saturated rings. The van der Waals surface area contributed by atoms with Gasteiger partial charge in [-0.1, -0.05) is 31.4 Å². The Morgan fingerprint density at radius 1 is 1.02 bits per heavy atom. The van der Waals surface area contributed by atoms with E-state index in [0.717, 1.165) is 62.3 Å². The number of hydrogen-bond acceptors (Lipinski definition) is 7. The minimum absolute atomic E-state index is 0.0375. The van der Waals surface area contributed by atoms with Gasteiger partial charge in [-0.15, -0.1) is 0 Å². The van der Waals surface area contributed by atoms with Crippen LogP contribution < -0.4 is 21.7 Å². The molecule has 0 saturated carbocycles. The topological polar surface area (TPSA) is 77.0 Å². The third kappa shape index (κ3) is 8.38. The van der Waals surface area contributed by atoms with Crippen molar-refractivity contribution in [3.05, 3.63) is 96.1 Å². The fourth-order valence-electron chi connectivity index (χ4n) is 6.22. The largest absolute Gasteiger partial charge is 0.417 e. The van der Waals surface area contributed by atoms with Crippen molar-refractivity contribution in [1.29, 1.82) is 0 Å². The van der Waals surface area contributed by atoms with Gasteiger partial charge in [-0.25, -0.2) is 4.39 Å². The van der Waals surface area contributed by atoms with Crippen LogP contribution in [0.25, 0.3) is 11.1 Å². The van der Waals surface area contributed by atoms with Gasteiger partial charge in [-0.2, -0.15) is 13.2 Å². The molecule has 0 aliphatic carbocycles. The number of halogens is 4. The minimum Gasteiger partial charge on any atom is -0.404 e. The Balaban J connectivity index is 1.69. The van der Waals surface area contributed by atoms with E-state index in [0.29, 0.717) is 43.0 Å². The molecule has 0 radical (unpaired) electrons. The summed E-state index contributed by atoms with van der Waals surface area (Å²) < 4.78 is 57.4. The standard InChI is InChI=1S/C35H47F4N7/c1-6-7-31(35(37,38)39)30(20-41)26(4)42-33-19-28(9-11-34(33)46-21-24(2)43(5)25(3)22-46)29-18-27(8-10-32(29)36)23-45-16-14-44(13-12-40)15-17-45/h6-11,18-20,24-25,42H,1,4,12-17,21-23,40-41H2,2-3,5H3/b30-20-,31-7+. The number of anilines is 2. The van der Waals surface area contributed by atoms with Crippen LogP contribution in [0.2, 0.25) is 0 Å². The van der Waals surface area contributed by atoms with E-state index in [1.165, 1.54) is 6.07 Å². The van der Waals surface area contributed by atoms with Gasteiger partial charge in [0.15, 0.2) is 0 Å². The molecule has 2 aromatic rings. The molecule has 2 unspecified atom stereocenters. The summed E-state index contributed by atoms with van der Waals surface area (Å²) in [6.45, 7) is 18.9. The molecule has 0 spiro atoms. The molecule has 7 nitrogen and oxygen atoms in total. The van der Waals surface area contributed by atoms with Gasteiger partial charge in [0, 0.05) is 94.0 Å². The number of benzene rings is 2. The first-order valence-corrected chi connectivity index (χ1v) is 15.7. The van der Waals surface area contributed by atoms with Crippen molar-refractivity contribution in [1.82, 2.24) is 14.7 Å². The molecule has 2 heterocycles. The van der Waals surface area contributed by atoms with Crippen LogP contribution in [0.15, 0.2) is 84.8 Å². The fraction of sp³-hybridized carbons (Fsp3) is 0.429. The van der Waals surface area contributed by atoms with Crippen LogP contribution >= 0.6 is 0 Å². The number of alkyl halides is 3. The smallest absolute Gasteiger partial charge is 0.404 e. The summed E-state index contributed by atoms with van der Waals surface area (Å²) in [7, 11) is 2.08. The van der Waals surface area contributed by atoms with Crippen molar-refractivity contribution in [2.45, 2.75) is 38.7 Å². The maximum Gasteiger partial charge on any atom is 0.417 e. The normalized spacial score (nSPS) is 21.0. The molecule has 5 N–H and O–H groups in total. The van der Waals surface area contributed by atoms with Crippen molar-refractivity contribution in [3.63, 3.8) is 0 Å². The first-order chi connectivity index (χ1) is 21.9. The van der Waals surface area contributed by atoms with E-state index >= 15 is 4.39 Å². The second-order valence-electron chi connectivity index (χ2n) is 12.2. The van der Waals surface area contributed by atoms with E-state index in [1.807, 2.05) is 18.2 Å². The minimum atomic E-state index is -4.68. The summed E-state index contributed by atoms with van der Waals surface area (Å²) in [5.74, 6) is -0.383. The van der Waals surface area contributed by atoms with Gasteiger partial charge in [0.25, 0.3) is 0 Å². The van der Waals surface area contributed by atoms with Crippen molar-refractivity contribution >= 4 is 11.4 Å². The number of nitrogens with one attached hydrogen (secondary N) is 1. The van der Waals surface area contributed by atoms with Gasteiger partial charge in [-0.3, -0.25) is 14.7 Å². The van der Waals surface area contributed by atoms with Crippen LogP contribution in [0.3, 0.4) is 0 Å². The van der Waals surface area contributed by atoms with E-state index in [9.17, 15) is 13.2 Å². The van der Waals surface area contributed by atoms with Crippen molar-refractivity contribution in [2.24, 2.45) is 11.5 Å². The molecule has 0 amide bonds.